The molecule has 0 aromatic heterocycles. The zero-order valence-corrected chi connectivity index (χ0v) is 19.9. The number of imide groups is 1. The Labute approximate surface area is 204 Å². The van der Waals surface area contributed by atoms with Crippen molar-refractivity contribution in [3.63, 3.8) is 0 Å². The van der Waals surface area contributed by atoms with Gasteiger partial charge in [0.1, 0.15) is 29.6 Å². The van der Waals surface area contributed by atoms with Crippen molar-refractivity contribution in [1.29, 1.82) is 0 Å². The number of nitrogens with zero attached hydrogens (tertiary/aromatic N) is 1. The standard InChI is InChI=1S/C27H28N2O6/c1-4-34-23-13-15-24(16-14-23)35-18-17-29-25(30)27(28-26(29)31,19-5-9-21(32-2)10-6-19)20-7-11-22(33-3)12-8-20/h5-16H,4,17-18H2,1-3H3,(H,28,31). The van der Waals surface area contributed by atoms with Crippen molar-refractivity contribution in [1.82, 2.24) is 10.2 Å². The molecule has 0 spiro atoms. The number of hydrogen-bond donors (Lipinski definition) is 1. The first-order valence-electron chi connectivity index (χ1n) is 11.3. The van der Waals surface area contributed by atoms with E-state index in [0.29, 0.717) is 35.0 Å². The number of hydrogen-bond acceptors (Lipinski definition) is 6. The third kappa shape index (κ3) is 4.73. The van der Waals surface area contributed by atoms with Crippen molar-refractivity contribution in [3.8, 4) is 23.0 Å². The second kappa shape index (κ2) is 10.4. The Morgan fingerprint density at radius 1 is 0.714 bits per heavy atom. The predicted octanol–water partition coefficient (Wildman–Crippen LogP) is 3.98. The third-order valence-electron chi connectivity index (χ3n) is 5.87. The molecule has 3 amide bonds. The average Bonchev–Trinajstić information content (AvgIpc) is 3.15. The average molecular weight is 477 g/mol. The molecule has 1 aliphatic rings. The van der Waals surface area contributed by atoms with Crippen molar-refractivity contribution in [2.45, 2.75) is 12.5 Å². The Bertz CT molecular complexity index is 1110. The summed E-state index contributed by atoms with van der Waals surface area (Å²) in [4.78, 5) is 28.0. The molecule has 0 saturated carbocycles. The smallest absolute Gasteiger partial charge is 0.325 e. The first-order chi connectivity index (χ1) is 17.0. The molecule has 1 saturated heterocycles. The van der Waals surface area contributed by atoms with E-state index in [1.807, 2.05) is 19.1 Å². The molecule has 8 heteroatoms. The van der Waals surface area contributed by atoms with Crippen LogP contribution in [-0.4, -0.2) is 50.8 Å². The molecule has 4 rings (SSSR count). The fourth-order valence-corrected chi connectivity index (χ4v) is 4.07. The van der Waals surface area contributed by atoms with Crippen LogP contribution in [0.4, 0.5) is 4.79 Å². The van der Waals surface area contributed by atoms with Crippen molar-refractivity contribution in [3.05, 3.63) is 83.9 Å². The summed E-state index contributed by atoms with van der Waals surface area (Å²) >= 11 is 0. The van der Waals surface area contributed by atoms with Gasteiger partial charge in [0.05, 0.1) is 27.4 Å². The van der Waals surface area contributed by atoms with Gasteiger partial charge in [0.2, 0.25) is 0 Å². The van der Waals surface area contributed by atoms with Crippen molar-refractivity contribution >= 4 is 11.9 Å². The van der Waals surface area contributed by atoms with Gasteiger partial charge < -0.3 is 24.3 Å². The zero-order valence-electron chi connectivity index (χ0n) is 19.9. The van der Waals surface area contributed by atoms with Crippen LogP contribution in [0.15, 0.2) is 72.8 Å². The molecule has 1 fully saturated rings. The maximum atomic E-state index is 13.8. The molecule has 0 atom stereocenters. The normalized spacial score (nSPS) is 14.4. The highest BCUT2D eigenvalue weighted by molar-refractivity contribution is 6.09. The fourth-order valence-electron chi connectivity index (χ4n) is 4.07. The summed E-state index contributed by atoms with van der Waals surface area (Å²) in [5, 5.41) is 2.93. The minimum absolute atomic E-state index is 0.0892. The van der Waals surface area contributed by atoms with E-state index in [-0.39, 0.29) is 19.1 Å². The lowest BCUT2D eigenvalue weighted by molar-refractivity contribution is -0.130. The highest BCUT2D eigenvalue weighted by Gasteiger charge is 2.53. The summed E-state index contributed by atoms with van der Waals surface area (Å²) in [6.07, 6.45) is 0. The lowest BCUT2D eigenvalue weighted by Gasteiger charge is -2.28. The molecule has 182 valence electrons. The summed E-state index contributed by atoms with van der Waals surface area (Å²) in [5.74, 6) is 2.29. The van der Waals surface area contributed by atoms with Crippen LogP contribution in [0.25, 0.3) is 0 Å². The van der Waals surface area contributed by atoms with E-state index in [1.165, 1.54) is 4.90 Å². The topological polar surface area (TPSA) is 86.3 Å². The quantitative estimate of drug-likeness (QED) is 0.446. The minimum atomic E-state index is -1.38. The Hall–Kier alpha value is -4.20. The van der Waals surface area contributed by atoms with Gasteiger partial charge in [-0.1, -0.05) is 24.3 Å². The Balaban J connectivity index is 1.57. The van der Waals surface area contributed by atoms with Gasteiger partial charge in [0.15, 0.2) is 5.54 Å². The second-order valence-corrected chi connectivity index (χ2v) is 7.85. The molecule has 3 aromatic rings. The van der Waals surface area contributed by atoms with E-state index >= 15 is 0 Å². The zero-order chi connectivity index (χ0) is 24.8. The van der Waals surface area contributed by atoms with Crippen LogP contribution in [0.1, 0.15) is 18.1 Å². The molecular weight excluding hydrogens is 448 g/mol. The van der Waals surface area contributed by atoms with Crippen LogP contribution < -0.4 is 24.3 Å². The van der Waals surface area contributed by atoms with Gasteiger partial charge >= 0.3 is 6.03 Å². The van der Waals surface area contributed by atoms with Gasteiger partial charge in [-0.15, -0.1) is 0 Å². The van der Waals surface area contributed by atoms with Crippen molar-refractivity contribution < 1.29 is 28.5 Å². The maximum Gasteiger partial charge on any atom is 0.325 e. The molecule has 3 aromatic carbocycles. The summed E-state index contributed by atoms with van der Waals surface area (Å²) in [6.45, 7) is 2.73. The summed E-state index contributed by atoms with van der Waals surface area (Å²) in [6, 6.07) is 20.9. The molecule has 0 bridgehead atoms. The van der Waals surface area contributed by atoms with Crippen LogP contribution in [0, 0.1) is 0 Å². The van der Waals surface area contributed by atoms with E-state index < -0.39 is 11.6 Å². The fraction of sp³-hybridized carbons (Fsp3) is 0.259. The third-order valence-corrected chi connectivity index (χ3v) is 5.87. The van der Waals surface area contributed by atoms with E-state index in [0.717, 1.165) is 5.75 Å². The Morgan fingerprint density at radius 2 is 1.17 bits per heavy atom. The highest BCUT2D eigenvalue weighted by atomic mass is 16.5. The van der Waals surface area contributed by atoms with Crippen molar-refractivity contribution in [2.24, 2.45) is 0 Å². The second-order valence-electron chi connectivity index (χ2n) is 7.85. The first kappa shape index (κ1) is 23.9. The largest absolute Gasteiger partial charge is 0.497 e. The van der Waals surface area contributed by atoms with Crippen LogP contribution in [0.2, 0.25) is 0 Å². The van der Waals surface area contributed by atoms with Crippen molar-refractivity contribution in [2.75, 3.05) is 34.0 Å². The van der Waals surface area contributed by atoms with Crippen LogP contribution >= 0.6 is 0 Å². The molecule has 1 N–H and O–H groups in total. The van der Waals surface area contributed by atoms with E-state index in [4.69, 9.17) is 18.9 Å². The molecule has 0 radical (unpaired) electrons. The molecule has 0 unspecified atom stereocenters. The number of nitrogens with one attached hydrogen (secondary N) is 1. The maximum absolute atomic E-state index is 13.8. The summed E-state index contributed by atoms with van der Waals surface area (Å²) < 4.78 is 21.7. The Kier molecular flexibility index (Phi) is 7.10. The Morgan fingerprint density at radius 3 is 1.63 bits per heavy atom. The number of carbonyl (C=O) groups excluding carboxylic acids is 2. The van der Waals surface area contributed by atoms with E-state index in [2.05, 4.69) is 5.32 Å². The number of amides is 3. The van der Waals surface area contributed by atoms with Gasteiger partial charge in [-0.3, -0.25) is 9.69 Å². The van der Waals surface area contributed by atoms with Crippen LogP contribution in [0.5, 0.6) is 23.0 Å². The number of benzene rings is 3. The molecule has 35 heavy (non-hydrogen) atoms. The number of urea groups is 1. The van der Waals surface area contributed by atoms with Crippen LogP contribution in [-0.2, 0) is 10.3 Å². The van der Waals surface area contributed by atoms with E-state index in [9.17, 15) is 9.59 Å². The molecular formula is C27H28N2O6. The van der Waals surface area contributed by atoms with Gasteiger partial charge in [0.25, 0.3) is 5.91 Å². The number of ether oxygens (including phenoxy) is 4. The highest BCUT2D eigenvalue weighted by Crippen LogP contribution is 2.37. The van der Waals surface area contributed by atoms with Gasteiger partial charge in [-0.25, -0.2) is 4.79 Å². The number of carbonyl (C=O) groups is 2. The summed E-state index contributed by atoms with van der Waals surface area (Å²) in [7, 11) is 3.14. The van der Waals surface area contributed by atoms with Gasteiger partial charge in [-0.2, -0.15) is 0 Å². The molecule has 1 heterocycles. The predicted molar refractivity (Wildman–Crippen MR) is 130 cm³/mol. The lowest BCUT2D eigenvalue weighted by atomic mass is 9.82. The summed E-state index contributed by atoms with van der Waals surface area (Å²) in [5.41, 5.74) is -0.136. The van der Waals surface area contributed by atoms with Gasteiger partial charge in [-0.05, 0) is 66.6 Å². The van der Waals surface area contributed by atoms with Crippen LogP contribution in [0.3, 0.4) is 0 Å². The minimum Gasteiger partial charge on any atom is -0.497 e. The lowest BCUT2D eigenvalue weighted by Crippen LogP contribution is -2.45. The first-order valence-corrected chi connectivity index (χ1v) is 11.3. The molecule has 1 aliphatic heterocycles. The molecule has 0 aliphatic carbocycles. The monoisotopic (exact) mass is 476 g/mol. The van der Waals surface area contributed by atoms with E-state index in [1.54, 1.807) is 74.9 Å². The van der Waals surface area contributed by atoms with Gasteiger partial charge in [0, 0.05) is 0 Å². The molecule has 8 nitrogen and oxygen atoms in total. The number of rotatable bonds is 10. The SMILES string of the molecule is CCOc1ccc(OCCN2C(=O)NC(c3ccc(OC)cc3)(c3ccc(OC)cc3)C2=O)cc1. The number of methoxy groups -OCH3 is 2.